The summed E-state index contributed by atoms with van der Waals surface area (Å²) in [6.07, 6.45) is 2.16. The highest BCUT2D eigenvalue weighted by Gasteiger charge is 2.28. The highest BCUT2D eigenvalue weighted by Crippen LogP contribution is 2.26. The molecular formula is C16H21FN2O3. The predicted molar refractivity (Wildman–Crippen MR) is 81.0 cm³/mol. The molecule has 1 fully saturated rings. The number of benzene rings is 1. The maximum Gasteiger partial charge on any atom is 0.256 e. The molecule has 0 saturated heterocycles. The van der Waals surface area contributed by atoms with Gasteiger partial charge in [-0.3, -0.25) is 9.59 Å². The molecule has 120 valence electrons. The number of anilines is 1. The van der Waals surface area contributed by atoms with Crippen molar-refractivity contribution in [2.24, 2.45) is 5.92 Å². The van der Waals surface area contributed by atoms with Crippen molar-refractivity contribution in [3.63, 3.8) is 0 Å². The molecule has 5 nitrogen and oxygen atoms in total. The van der Waals surface area contributed by atoms with Crippen molar-refractivity contribution in [2.75, 3.05) is 18.9 Å². The third kappa shape index (κ3) is 3.82. The summed E-state index contributed by atoms with van der Waals surface area (Å²) in [5, 5.41) is 12.4. The Morgan fingerprint density at radius 2 is 2.14 bits per heavy atom. The number of aliphatic hydroxyl groups is 1. The Morgan fingerprint density at radius 1 is 1.41 bits per heavy atom. The maximum atomic E-state index is 13.9. The molecule has 0 aromatic heterocycles. The largest absolute Gasteiger partial charge is 0.393 e. The molecule has 6 heteroatoms. The van der Waals surface area contributed by atoms with Crippen LogP contribution in [0.15, 0.2) is 18.2 Å². The Balaban J connectivity index is 2.11. The number of amides is 2. The Kier molecular flexibility index (Phi) is 5.13. The summed E-state index contributed by atoms with van der Waals surface area (Å²) in [5.41, 5.74) is 0.299. The van der Waals surface area contributed by atoms with Gasteiger partial charge in [0, 0.05) is 32.1 Å². The Bertz CT molecular complexity index is 577. The average Bonchev–Trinajstić information content (AvgIpc) is 2.85. The van der Waals surface area contributed by atoms with Crippen molar-refractivity contribution < 1.29 is 19.1 Å². The lowest BCUT2D eigenvalue weighted by molar-refractivity contribution is -0.114. The number of hydrogen-bond donors (Lipinski definition) is 2. The highest BCUT2D eigenvalue weighted by atomic mass is 19.1. The molecule has 0 aliphatic heterocycles. The second kappa shape index (κ2) is 6.87. The van der Waals surface area contributed by atoms with Gasteiger partial charge in [-0.25, -0.2) is 4.39 Å². The molecule has 2 unspecified atom stereocenters. The first-order chi connectivity index (χ1) is 10.4. The van der Waals surface area contributed by atoms with E-state index in [2.05, 4.69) is 5.32 Å². The average molecular weight is 308 g/mol. The number of nitrogens with one attached hydrogen (secondary N) is 1. The number of carbonyl (C=O) groups excluding carboxylic acids is 2. The van der Waals surface area contributed by atoms with E-state index < -0.39 is 17.8 Å². The van der Waals surface area contributed by atoms with Crippen LogP contribution in [0, 0.1) is 11.7 Å². The van der Waals surface area contributed by atoms with Crippen molar-refractivity contribution in [3.8, 4) is 0 Å². The van der Waals surface area contributed by atoms with E-state index >= 15 is 0 Å². The Hall–Kier alpha value is -1.95. The minimum absolute atomic E-state index is 0.0375. The first-order valence-electron chi connectivity index (χ1n) is 7.39. The standard InChI is InChI=1S/C16H21FN2O3/c1-10(20)18-12-6-7-14(17)13(8-12)16(22)19(2)9-11-4-3-5-15(11)21/h6-8,11,15,21H,3-5,9H2,1-2H3,(H,18,20). The number of rotatable bonds is 4. The van der Waals surface area contributed by atoms with Gasteiger partial charge in [0.15, 0.2) is 0 Å². The summed E-state index contributed by atoms with van der Waals surface area (Å²) in [5.74, 6) is -1.33. The lowest BCUT2D eigenvalue weighted by atomic mass is 10.0. The van der Waals surface area contributed by atoms with Crippen LogP contribution >= 0.6 is 0 Å². The molecule has 1 saturated carbocycles. The van der Waals surface area contributed by atoms with Crippen LogP contribution in [0.2, 0.25) is 0 Å². The molecule has 0 heterocycles. The van der Waals surface area contributed by atoms with E-state index in [9.17, 15) is 19.1 Å². The van der Waals surface area contributed by atoms with Crippen molar-refractivity contribution >= 4 is 17.5 Å². The molecule has 0 radical (unpaired) electrons. The Labute approximate surface area is 129 Å². The zero-order chi connectivity index (χ0) is 16.3. The van der Waals surface area contributed by atoms with Gasteiger partial charge in [-0.15, -0.1) is 0 Å². The summed E-state index contributed by atoms with van der Waals surface area (Å²) >= 11 is 0. The van der Waals surface area contributed by atoms with E-state index in [1.807, 2.05) is 0 Å². The lowest BCUT2D eigenvalue weighted by Gasteiger charge is -2.23. The third-order valence-corrected chi connectivity index (χ3v) is 3.99. The summed E-state index contributed by atoms with van der Waals surface area (Å²) in [4.78, 5) is 24.9. The molecule has 2 amide bonds. The van der Waals surface area contributed by atoms with Crippen LogP contribution in [-0.4, -0.2) is 41.5 Å². The van der Waals surface area contributed by atoms with Crippen LogP contribution < -0.4 is 5.32 Å². The van der Waals surface area contributed by atoms with Gasteiger partial charge < -0.3 is 15.3 Å². The van der Waals surface area contributed by atoms with Gasteiger partial charge in [0.1, 0.15) is 5.82 Å². The normalized spacial score (nSPS) is 20.7. The van der Waals surface area contributed by atoms with Gasteiger partial charge in [-0.1, -0.05) is 6.42 Å². The zero-order valence-corrected chi connectivity index (χ0v) is 12.8. The van der Waals surface area contributed by atoms with Gasteiger partial charge in [0.25, 0.3) is 5.91 Å². The molecular weight excluding hydrogens is 287 g/mol. The SMILES string of the molecule is CC(=O)Nc1ccc(F)c(C(=O)N(C)CC2CCCC2O)c1. The molecule has 0 bridgehead atoms. The molecule has 1 aliphatic carbocycles. The molecule has 1 aliphatic rings. The predicted octanol–water partition coefficient (Wildman–Crippen LogP) is 2.02. The van der Waals surface area contributed by atoms with E-state index in [1.54, 1.807) is 7.05 Å². The zero-order valence-electron chi connectivity index (χ0n) is 12.8. The number of halogens is 1. The minimum atomic E-state index is -0.627. The summed E-state index contributed by atoms with van der Waals surface area (Å²) in [6, 6.07) is 3.91. The number of aliphatic hydroxyl groups excluding tert-OH is 1. The van der Waals surface area contributed by atoms with Crippen LogP contribution in [0.4, 0.5) is 10.1 Å². The lowest BCUT2D eigenvalue weighted by Crippen LogP contribution is -2.35. The van der Waals surface area contributed by atoms with Gasteiger partial charge in [0.2, 0.25) is 5.91 Å². The maximum absolute atomic E-state index is 13.9. The second-order valence-corrected chi connectivity index (χ2v) is 5.82. The molecule has 22 heavy (non-hydrogen) atoms. The van der Waals surface area contributed by atoms with Crippen molar-refractivity contribution in [1.29, 1.82) is 0 Å². The van der Waals surface area contributed by atoms with E-state index in [0.717, 1.165) is 25.3 Å². The fourth-order valence-electron chi connectivity index (χ4n) is 2.84. The van der Waals surface area contributed by atoms with Crippen molar-refractivity contribution in [2.45, 2.75) is 32.3 Å². The van der Waals surface area contributed by atoms with Crippen LogP contribution in [-0.2, 0) is 4.79 Å². The van der Waals surface area contributed by atoms with Gasteiger partial charge >= 0.3 is 0 Å². The topological polar surface area (TPSA) is 69.6 Å². The quantitative estimate of drug-likeness (QED) is 0.894. The Morgan fingerprint density at radius 3 is 2.73 bits per heavy atom. The first-order valence-corrected chi connectivity index (χ1v) is 7.39. The fourth-order valence-corrected chi connectivity index (χ4v) is 2.84. The molecule has 2 rings (SSSR count). The van der Waals surface area contributed by atoms with Crippen LogP contribution in [0.3, 0.4) is 0 Å². The molecule has 1 aromatic carbocycles. The monoisotopic (exact) mass is 308 g/mol. The van der Waals surface area contributed by atoms with E-state index in [-0.39, 0.29) is 17.4 Å². The van der Waals surface area contributed by atoms with Crippen LogP contribution in [0.1, 0.15) is 36.5 Å². The fraction of sp³-hybridized carbons (Fsp3) is 0.500. The number of carbonyl (C=O) groups is 2. The highest BCUT2D eigenvalue weighted by molar-refractivity contribution is 5.97. The molecule has 1 aromatic rings. The summed E-state index contributed by atoms with van der Waals surface area (Å²) in [7, 11) is 1.60. The van der Waals surface area contributed by atoms with Crippen molar-refractivity contribution in [3.05, 3.63) is 29.6 Å². The molecule has 0 spiro atoms. The van der Waals surface area contributed by atoms with Gasteiger partial charge in [-0.2, -0.15) is 0 Å². The van der Waals surface area contributed by atoms with E-state index in [1.165, 1.54) is 24.0 Å². The minimum Gasteiger partial charge on any atom is -0.393 e. The third-order valence-electron chi connectivity index (χ3n) is 3.99. The molecule has 2 atom stereocenters. The van der Waals surface area contributed by atoms with Crippen LogP contribution in [0.5, 0.6) is 0 Å². The summed E-state index contributed by atoms with van der Waals surface area (Å²) < 4.78 is 13.9. The summed E-state index contributed by atoms with van der Waals surface area (Å²) in [6.45, 7) is 1.74. The smallest absolute Gasteiger partial charge is 0.256 e. The first kappa shape index (κ1) is 16.4. The van der Waals surface area contributed by atoms with E-state index in [0.29, 0.717) is 12.2 Å². The molecule has 2 N–H and O–H groups in total. The van der Waals surface area contributed by atoms with Crippen LogP contribution in [0.25, 0.3) is 0 Å². The second-order valence-electron chi connectivity index (χ2n) is 5.82. The van der Waals surface area contributed by atoms with Gasteiger partial charge in [0.05, 0.1) is 11.7 Å². The number of nitrogens with zero attached hydrogens (tertiary/aromatic N) is 1. The van der Waals surface area contributed by atoms with E-state index in [4.69, 9.17) is 0 Å². The number of hydrogen-bond acceptors (Lipinski definition) is 3. The van der Waals surface area contributed by atoms with Crippen molar-refractivity contribution in [1.82, 2.24) is 4.90 Å². The van der Waals surface area contributed by atoms with Gasteiger partial charge in [-0.05, 0) is 31.0 Å².